The third-order valence-electron chi connectivity index (χ3n) is 4.19. The Morgan fingerprint density at radius 2 is 1.86 bits per heavy atom. The lowest BCUT2D eigenvalue weighted by Gasteiger charge is -2.33. The second-order valence-electron chi connectivity index (χ2n) is 6.30. The third kappa shape index (κ3) is 4.56. The summed E-state index contributed by atoms with van der Waals surface area (Å²) in [7, 11) is -4.09. The number of sulfonamides is 1. The highest BCUT2D eigenvalue weighted by atomic mass is 32.2. The minimum atomic E-state index is -4.09. The molecule has 1 heterocycles. The second kappa shape index (κ2) is 8.51. The average Bonchev–Trinajstić information content (AvgIpc) is 2.68. The summed E-state index contributed by atoms with van der Waals surface area (Å²) in [5.74, 6) is 0.265. The summed E-state index contributed by atoms with van der Waals surface area (Å²) < 4.78 is 38.3. The fourth-order valence-electron chi connectivity index (χ4n) is 2.92. The molecule has 148 valence electrons. The van der Waals surface area contributed by atoms with E-state index in [9.17, 15) is 18.5 Å². The molecule has 1 aliphatic heterocycles. The molecule has 2 aromatic rings. The van der Waals surface area contributed by atoms with E-state index in [1.165, 1.54) is 24.3 Å². The van der Waals surface area contributed by atoms with Crippen LogP contribution in [-0.4, -0.2) is 43.4 Å². The monoisotopic (exact) mass is 404 g/mol. The Morgan fingerprint density at radius 3 is 2.57 bits per heavy atom. The summed E-state index contributed by atoms with van der Waals surface area (Å²) in [5.41, 5.74) is 0.526. The highest BCUT2D eigenvalue weighted by Gasteiger charge is 2.36. The Kier molecular flexibility index (Phi) is 6.08. The van der Waals surface area contributed by atoms with E-state index in [4.69, 9.17) is 9.47 Å². The molecule has 0 amide bonds. The van der Waals surface area contributed by atoms with E-state index < -0.39 is 26.7 Å². The normalized spacial score (nSPS) is 17.9. The summed E-state index contributed by atoms with van der Waals surface area (Å²) in [4.78, 5) is 10.2. The van der Waals surface area contributed by atoms with Crippen LogP contribution in [0.15, 0.2) is 71.8 Å². The molecule has 1 fully saturated rings. The van der Waals surface area contributed by atoms with Crippen LogP contribution in [0, 0.1) is 10.1 Å². The lowest BCUT2D eigenvalue weighted by atomic mass is 10.2. The van der Waals surface area contributed by atoms with Crippen molar-refractivity contribution in [1.29, 1.82) is 0 Å². The number of rotatable bonds is 7. The quantitative estimate of drug-likeness (QED) is 0.520. The van der Waals surface area contributed by atoms with E-state index in [2.05, 4.69) is 6.58 Å². The van der Waals surface area contributed by atoms with E-state index in [0.717, 1.165) is 9.87 Å². The van der Waals surface area contributed by atoms with E-state index in [-0.39, 0.29) is 30.4 Å². The van der Waals surface area contributed by atoms with Gasteiger partial charge in [-0.1, -0.05) is 49.0 Å². The van der Waals surface area contributed by atoms with Crippen LogP contribution in [0.25, 0.3) is 0 Å². The highest BCUT2D eigenvalue weighted by molar-refractivity contribution is 7.89. The fourth-order valence-corrected chi connectivity index (χ4v) is 4.53. The Bertz CT molecular complexity index is 961. The summed E-state index contributed by atoms with van der Waals surface area (Å²) in [6.45, 7) is 4.21. The van der Waals surface area contributed by atoms with Crippen molar-refractivity contribution < 1.29 is 22.8 Å². The molecule has 3 rings (SSSR count). The molecule has 0 bridgehead atoms. The third-order valence-corrected chi connectivity index (χ3v) is 6.05. The van der Waals surface area contributed by atoms with Crippen molar-refractivity contribution in [2.45, 2.75) is 17.6 Å². The zero-order chi connectivity index (χ0) is 20.1. The number of nitro benzene ring substituents is 1. The van der Waals surface area contributed by atoms with Crippen LogP contribution in [0.3, 0.4) is 0 Å². The first-order valence-electron chi connectivity index (χ1n) is 8.57. The van der Waals surface area contributed by atoms with Crippen molar-refractivity contribution in [2.24, 2.45) is 0 Å². The largest absolute Gasteiger partial charge is 0.490 e. The summed E-state index contributed by atoms with van der Waals surface area (Å²) in [6, 6.07) is 14.8. The van der Waals surface area contributed by atoms with Crippen LogP contribution < -0.4 is 0 Å². The van der Waals surface area contributed by atoms with Gasteiger partial charge in [0.25, 0.3) is 5.69 Å². The first-order valence-corrected chi connectivity index (χ1v) is 10.0. The summed E-state index contributed by atoms with van der Waals surface area (Å²) >= 11 is 0. The van der Waals surface area contributed by atoms with E-state index >= 15 is 0 Å². The van der Waals surface area contributed by atoms with Crippen LogP contribution in [0.2, 0.25) is 0 Å². The Morgan fingerprint density at radius 1 is 1.18 bits per heavy atom. The van der Waals surface area contributed by atoms with Crippen LogP contribution >= 0.6 is 0 Å². The maximum Gasteiger partial charge on any atom is 0.289 e. The molecule has 2 aromatic carbocycles. The second-order valence-corrected chi connectivity index (χ2v) is 8.21. The SMILES string of the molecule is C=C1CN(S(=O)(=O)c2ccccc2[N+](=O)[O-])CC(COCc2ccccc2)O1. The molecule has 0 aromatic heterocycles. The maximum atomic E-state index is 13.0. The van der Waals surface area contributed by atoms with Crippen LogP contribution in [-0.2, 0) is 26.1 Å². The standard InChI is InChI=1S/C19H20N2O6S/c1-15-11-20(28(24,25)19-10-6-5-9-18(19)21(22)23)12-17(27-15)14-26-13-16-7-3-2-4-8-16/h2-10,17H,1,11-14H2. The predicted molar refractivity (Wildman–Crippen MR) is 102 cm³/mol. The lowest BCUT2D eigenvalue weighted by molar-refractivity contribution is -0.387. The molecule has 1 saturated heterocycles. The molecule has 0 spiro atoms. The molecule has 0 aliphatic carbocycles. The van der Waals surface area contributed by atoms with Gasteiger partial charge in [-0.15, -0.1) is 0 Å². The van der Waals surface area contributed by atoms with E-state index in [1.807, 2.05) is 30.3 Å². The average molecular weight is 404 g/mol. The number of hydrogen-bond acceptors (Lipinski definition) is 6. The number of nitrogens with zero attached hydrogens (tertiary/aromatic N) is 2. The number of hydrogen-bond donors (Lipinski definition) is 0. The van der Waals surface area contributed by atoms with Crippen molar-refractivity contribution in [1.82, 2.24) is 4.31 Å². The molecule has 28 heavy (non-hydrogen) atoms. The first kappa shape index (κ1) is 20.0. The van der Waals surface area contributed by atoms with Gasteiger partial charge >= 0.3 is 0 Å². The molecule has 9 heteroatoms. The zero-order valence-corrected chi connectivity index (χ0v) is 15.9. The van der Waals surface area contributed by atoms with Crippen LogP contribution in [0.5, 0.6) is 0 Å². The van der Waals surface area contributed by atoms with Gasteiger partial charge in [0.2, 0.25) is 10.0 Å². The van der Waals surface area contributed by atoms with Crippen LogP contribution in [0.1, 0.15) is 5.56 Å². The van der Waals surface area contributed by atoms with E-state index in [0.29, 0.717) is 6.61 Å². The van der Waals surface area contributed by atoms with Gasteiger partial charge < -0.3 is 9.47 Å². The van der Waals surface area contributed by atoms with Crippen molar-refractivity contribution in [2.75, 3.05) is 19.7 Å². The molecule has 0 N–H and O–H groups in total. The van der Waals surface area contributed by atoms with Gasteiger partial charge in [-0.3, -0.25) is 10.1 Å². The molecule has 0 radical (unpaired) electrons. The van der Waals surface area contributed by atoms with Gasteiger partial charge in [-0.25, -0.2) is 8.42 Å². The molecule has 0 saturated carbocycles. The summed E-state index contributed by atoms with van der Waals surface area (Å²) in [5, 5.41) is 11.2. The fraction of sp³-hybridized carbons (Fsp3) is 0.263. The zero-order valence-electron chi connectivity index (χ0n) is 15.1. The predicted octanol–water partition coefficient (Wildman–Crippen LogP) is 2.71. The Labute approximate surface area is 163 Å². The number of para-hydroxylation sites is 1. The van der Waals surface area contributed by atoms with E-state index in [1.54, 1.807) is 0 Å². The van der Waals surface area contributed by atoms with Gasteiger partial charge in [0.1, 0.15) is 11.9 Å². The molecular weight excluding hydrogens is 384 g/mol. The number of ether oxygens (including phenoxy) is 2. The van der Waals surface area contributed by atoms with Crippen molar-refractivity contribution in [3.63, 3.8) is 0 Å². The van der Waals surface area contributed by atoms with Crippen molar-refractivity contribution >= 4 is 15.7 Å². The molecule has 8 nitrogen and oxygen atoms in total. The molecular formula is C19H20N2O6S. The first-order chi connectivity index (χ1) is 13.4. The van der Waals surface area contributed by atoms with Crippen LogP contribution in [0.4, 0.5) is 5.69 Å². The summed E-state index contributed by atoms with van der Waals surface area (Å²) in [6.07, 6.45) is -0.553. The molecule has 1 unspecified atom stereocenters. The van der Waals surface area contributed by atoms with Gasteiger partial charge in [0.15, 0.2) is 4.90 Å². The highest BCUT2D eigenvalue weighted by Crippen LogP contribution is 2.28. The van der Waals surface area contributed by atoms with Gasteiger partial charge in [0, 0.05) is 6.07 Å². The van der Waals surface area contributed by atoms with Gasteiger partial charge in [-0.2, -0.15) is 4.31 Å². The number of morpholine rings is 1. The smallest absolute Gasteiger partial charge is 0.289 e. The van der Waals surface area contributed by atoms with Crippen molar-refractivity contribution in [3.05, 3.63) is 82.6 Å². The topological polar surface area (TPSA) is 99.0 Å². The Balaban J connectivity index is 1.71. The van der Waals surface area contributed by atoms with Gasteiger partial charge in [0.05, 0.1) is 31.2 Å². The van der Waals surface area contributed by atoms with Gasteiger partial charge in [-0.05, 0) is 11.6 Å². The minimum absolute atomic E-state index is 0.0161. The molecule has 1 atom stereocenters. The number of nitro groups is 1. The lowest BCUT2D eigenvalue weighted by Crippen LogP contribution is -2.46. The maximum absolute atomic E-state index is 13.0. The molecule has 1 aliphatic rings. The number of benzene rings is 2. The van der Waals surface area contributed by atoms with Crippen molar-refractivity contribution in [3.8, 4) is 0 Å². The Hall–Kier alpha value is -2.75. The minimum Gasteiger partial charge on any atom is -0.490 e.